The molecule has 0 aromatic heterocycles. The Labute approximate surface area is 110 Å². The van der Waals surface area contributed by atoms with E-state index >= 15 is 0 Å². The van der Waals surface area contributed by atoms with Crippen molar-refractivity contribution in [3.8, 4) is 0 Å². The summed E-state index contributed by atoms with van der Waals surface area (Å²) < 4.78 is 38.4. The van der Waals surface area contributed by atoms with Crippen LogP contribution in [-0.4, -0.2) is 5.91 Å². The Kier molecular flexibility index (Phi) is 5.35. The van der Waals surface area contributed by atoms with E-state index in [-0.39, 0.29) is 23.7 Å². The zero-order chi connectivity index (χ0) is 14.5. The zero-order valence-electron chi connectivity index (χ0n) is 10.7. The second kappa shape index (κ2) is 6.56. The van der Waals surface area contributed by atoms with E-state index in [2.05, 4.69) is 5.32 Å². The van der Waals surface area contributed by atoms with Gasteiger partial charge in [-0.05, 0) is 24.1 Å². The van der Waals surface area contributed by atoms with Gasteiger partial charge in [-0.2, -0.15) is 13.2 Å². The second-order valence-electron chi connectivity index (χ2n) is 4.23. The van der Waals surface area contributed by atoms with Gasteiger partial charge in [0.15, 0.2) is 0 Å². The normalized spacial score (nSPS) is 11.4. The van der Waals surface area contributed by atoms with Crippen molar-refractivity contribution in [3.05, 3.63) is 29.3 Å². The molecule has 0 unspecified atom stereocenters. The van der Waals surface area contributed by atoms with Gasteiger partial charge in [-0.25, -0.2) is 0 Å². The quantitative estimate of drug-likeness (QED) is 0.865. The summed E-state index contributed by atoms with van der Waals surface area (Å²) in [6.07, 6.45) is -2.61. The first-order chi connectivity index (χ1) is 8.88. The molecule has 1 rings (SSSR count). The molecule has 106 valence electrons. The Bertz CT molecular complexity index is 444. The predicted molar refractivity (Wildman–Crippen MR) is 67.5 cm³/mol. The minimum absolute atomic E-state index is 0.0130. The number of unbranched alkanes of at least 4 members (excludes halogenated alkanes) is 1. The Morgan fingerprint density at radius 1 is 1.37 bits per heavy atom. The number of carbonyl (C=O) groups is 1. The zero-order valence-corrected chi connectivity index (χ0v) is 10.7. The molecule has 0 atom stereocenters. The summed E-state index contributed by atoms with van der Waals surface area (Å²) in [4.78, 5) is 11.5. The second-order valence-corrected chi connectivity index (χ2v) is 4.23. The molecule has 0 fully saturated rings. The van der Waals surface area contributed by atoms with Crippen LogP contribution in [0.15, 0.2) is 18.2 Å². The van der Waals surface area contributed by atoms with Gasteiger partial charge in [0, 0.05) is 18.7 Å². The molecule has 0 saturated heterocycles. The highest BCUT2D eigenvalue weighted by Crippen LogP contribution is 2.33. The number of amides is 1. The summed E-state index contributed by atoms with van der Waals surface area (Å²) >= 11 is 0. The summed E-state index contributed by atoms with van der Waals surface area (Å²) in [7, 11) is 0. The molecule has 0 aliphatic heterocycles. The summed E-state index contributed by atoms with van der Waals surface area (Å²) in [6.45, 7) is 1.74. The van der Waals surface area contributed by atoms with Gasteiger partial charge in [-0.15, -0.1) is 0 Å². The maximum atomic E-state index is 12.8. The van der Waals surface area contributed by atoms with Crippen molar-refractivity contribution < 1.29 is 18.0 Å². The third kappa shape index (κ3) is 4.55. The standard InChI is InChI=1S/C13H17F3N2O/c1-2-3-4-12(19)18-10-6-5-9(8-17)11(7-10)13(14,15)16/h5-7H,2-4,8,17H2,1H3,(H,18,19). The highest BCUT2D eigenvalue weighted by Gasteiger charge is 2.33. The van der Waals surface area contributed by atoms with E-state index in [0.717, 1.165) is 12.5 Å². The Balaban J connectivity index is 2.90. The van der Waals surface area contributed by atoms with Crippen molar-refractivity contribution in [1.82, 2.24) is 0 Å². The van der Waals surface area contributed by atoms with Crippen molar-refractivity contribution in [3.63, 3.8) is 0 Å². The number of halogens is 3. The summed E-state index contributed by atoms with van der Waals surface area (Å²) in [5.74, 6) is -0.282. The van der Waals surface area contributed by atoms with Crippen molar-refractivity contribution in [1.29, 1.82) is 0 Å². The lowest BCUT2D eigenvalue weighted by Gasteiger charge is -2.14. The minimum atomic E-state index is -4.47. The van der Waals surface area contributed by atoms with Crippen LogP contribution in [0.3, 0.4) is 0 Å². The first-order valence-electron chi connectivity index (χ1n) is 6.08. The molecule has 6 heteroatoms. The number of hydrogen-bond donors (Lipinski definition) is 2. The molecule has 0 saturated carbocycles. The fourth-order valence-electron chi connectivity index (χ4n) is 1.66. The van der Waals surface area contributed by atoms with Crippen LogP contribution in [0.25, 0.3) is 0 Å². The van der Waals surface area contributed by atoms with Crippen LogP contribution in [0.1, 0.15) is 37.3 Å². The molecule has 0 heterocycles. The molecule has 1 amide bonds. The van der Waals surface area contributed by atoms with E-state index < -0.39 is 11.7 Å². The van der Waals surface area contributed by atoms with E-state index in [4.69, 9.17) is 5.73 Å². The molecule has 0 aliphatic carbocycles. The number of benzene rings is 1. The molecule has 1 aromatic rings. The third-order valence-electron chi connectivity index (χ3n) is 2.68. The SMILES string of the molecule is CCCCC(=O)Nc1ccc(CN)c(C(F)(F)F)c1. The van der Waals surface area contributed by atoms with Crippen LogP contribution in [0.2, 0.25) is 0 Å². The highest BCUT2D eigenvalue weighted by atomic mass is 19.4. The maximum absolute atomic E-state index is 12.8. The van der Waals surface area contributed by atoms with E-state index in [9.17, 15) is 18.0 Å². The summed E-state index contributed by atoms with van der Waals surface area (Å²) in [5, 5.41) is 2.46. The minimum Gasteiger partial charge on any atom is -0.326 e. The number of nitrogens with two attached hydrogens (primary N) is 1. The smallest absolute Gasteiger partial charge is 0.326 e. The Hall–Kier alpha value is -1.56. The number of rotatable bonds is 5. The van der Waals surface area contributed by atoms with E-state index in [1.165, 1.54) is 12.1 Å². The van der Waals surface area contributed by atoms with Crippen LogP contribution in [0, 0.1) is 0 Å². The molecule has 0 aliphatic rings. The molecule has 0 spiro atoms. The topological polar surface area (TPSA) is 55.1 Å². The average Bonchev–Trinajstić information content (AvgIpc) is 2.35. The van der Waals surface area contributed by atoms with Crippen LogP contribution in [0.4, 0.5) is 18.9 Å². The van der Waals surface area contributed by atoms with E-state index in [1.54, 1.807) is 0 Å². The van der Waals surface area contributed by atoms with Gasteiger partial charge in [0.2, 0.25) is 5.91 Å². The van der Waals surface area contributed by atoms with Crippen LogP contribution >= 0.6 is 0 Å². The molecular weight excluding hydrogens is 257 g/mol. The molecular formula is C13H17F3N2O. The predicted octanol–water partition coefficient (Wildman–Crippen LogP) is 3.29. The fraction of sp³-hybridized carbons (Fsp3) is 0.462. The monoisotopic (exact) mass is 274 g/mol. The van der Waals surface area contributed by atoms with Crippen molar-refractivity contribution in [2.75, 3.05) is 5.32 Å². The van der Waals surface area contributed by atoms with Crippen molar-refractivity contribution in [2.24, 2.45) is 5.73 Å². The first kappa shape index (κ1) is 15.5. The highest BCUT2D eigenvalue weighted by molar-refractivity contribution is 5.90. The maximum Gasteiger partial charge on any atom is 0.416 e. The van der Waals surface area contributed by atoms with Crippen LogP contribution in [0.5, 0.6) is 0 Å². The number of carbonyl (C=O) groups excluding carboxylic acids is 1. The van der Waals surface area contributed by atoms with Gasteiger partial charge < -0.3 is 11.1 Å². The van der Waals surface area contributed by atoms with Crippen molar-refractivity contribution in [2.45, 2.75) is 38.9 Å². The van der Waals surface area contributed by atoms with Crippen LogP contribution in [-0.2, 0) is 17.5 Å². The van der Waals surface area contributed by atoms with Gasteiger partial charge >= 0.3 is 6.18 Å². The van der Waals surface area contributed by atoms with Crippen molar-refractivity contribution >= 4 is 11.6 Å². The lowest BCUT2D eigenvalue weighted by Crippen LogP contribution is -2.15. The summed E-state index contributed by atoms with van der Waals surface area (Å²) in [5.41, 5.74) is 4.63. The number of nitrogens with one attached hydrogen (secondary N) is 1. The van der Waals surface area contributed by atoms with Gasteiger partial charge in [-0.3, -0.25) is 4.79 Å². The lowest BCUT2D eigenvalue weighted by molar-refractivity contribution is -0.138. The fourth-order valence-corrected chi connectivity index (χ4v) is 1.66. The van der Waals surface area contributed by atoms with Gasteiger partial charge in [0.1, 0.15) is 0 Å². The van der Waals surface area contributed by atoms with Crippen LogP contribution < -0.4 is 11.1 Å². The summed E-state index contributed by atoms with van der Waals surface area (Å²) in [6, 6.07) is 3.64. The average molecular weight is 274 g/mol. The van der Waals surface area contributed by atoms with E-state index in [0.29, 0.717) is 12.8 Å². The molecule has 3 N–H and O–H groups in total. The largest absolute Gasteiger partial charge is 0.416 e. The molecule has 1 aromatic carbocycles. The van der Waals surface area contributed by atoms with E-state index in [1.807, 2.05) is 6.92 Å². The molecule has 0 radical (unpaired) electrons. The molecule has 3 nitrogen and oxygen atoms in total. The number of alkyl halides is 3. The van der Waals surface area contributed by atoms with Gasteiger partial charge in [0.05, 0.1) is 5.56 Å². The Morgan fingerprint density at radius 2 is 2.05 bits per heavy atom. The lowest BCUT2D eigenvalue weighted by atomic mass is 10.1. The third-order valence-corrected chi connectivity index (χ3v) is 2.68. The number of anilines is 1. The first-order valence-corrected chi connectivity index (χ1v) is 6.08. The van der Waals surface area contributed by atoms with Gasteiger partial charge in [-0.1, -0.05) is 19.4 Å². The molecule has 19 heavy (non-hydrogen) atoms. The molecule has 0 bridgehead atoms. The Morgan fingerprint density at radius 3 is 2.58 bits per heavy atom. The van der Waals surface area contributed by atoms with Gasteiger partial charge in [0.25, 0.3) is 0 Å². The number of hydrogen-bond acceptors (Lipinski definition) is 2.